The predicted octanol–water partition coefficient (Wildman–Crippen LogP) is 2.54. The highest BCUT2D eigenvalue weighted by Gasteiger charge is 2.51. The number of likely N-dealkylation sites (tertiary alicyclic amines) is 1. The molecule has 0 N–H and O–H groups in total. The molecule has 2 aliphatic rings. The van der Waals surface area contributed by atoms with Crippen molar-refractivity contribution in [3.8, 4) is 6.07 Å². The summed E-state index contributed by atoms with van der Waals surface area (Å²) in [6.07, 6.45) is -3.89. The van der Waals surface area contributed by atoms with Crippen LogP contribution < -0.4 is 4.90 Å². The Morgan fingerprint density at radius 2 is 2.03 bits per heavy atom. The van der Waals surface area contributed by atoms with Gasteiger partial charge in [0.15, 0.2) is 0 Å². The fraction of sp³-hybridized carbons (Fsp3) is 0.636. The van der Waals surface area contributed by atoms with Gasteiger partial charge < -0.3 is 24.0 Å². The van der Waals surface area contributed by atoms with E-state index in [1.807, 2.05) is 4.90 Å². The molecule has 10 heteroatoms. The average Bonchev–Trinajstić information content (AvgIpc) is 3.15. The van der Waals surface area contributed by atoms with E-state index >= 15 is 0 Å². The second-order valence-electron chi connectivity index (χ2n) is 8.36. The zero-order valence-corrected chi connectivity index (χ0v) is 18.3. The number of nitrogens with zero attached hydrogens (tertiary/aromatic N) is 3. The molecule has 2 saturated heterocycles. The fourth-order valence-electron chi connectivity index (χ4n) is 4.69. The zero-order valence-electron chi connectivity index (χ0n) is 18.3. The van der Waals surface area contributed by atoms with E-state index in [-0.39, 0.29) is 18.4 Å². The Balaban J connectivity index is 1.86. The van der Waals surface area contributed by atoms with Gasteiger partial charge in [0, 0.05) is 51.5 Å². The Kier molecular flexibility index (Phi) is 7.64. The third-order valence-corrected chi connectivity index (χ3v) is 6.30. The van der Waals surface area contributed by atoms with Gasteiger partial charge in [-0.05, 0) is 30.5 Å². The van der Waals surface area contributed by atoms with Crippen LogP contribution in [0.1, 0.15) is 17.5 Å². The molecule has 176 valence electrons. The van der Waals surface area contributed by atoms with Crippen LogP contribution in [0.2, 0.25) is 0 Å². The van der Waals surface area contributed by atoms with E-state index in [4.69, 9.17) is 19.5 Å². The molecule has 2 unspecified atom stereocenters. The molecule has 2 aliphatic heterocycles. The molecule has 1 aromatic rings. The van der Waals surface area contributed by atoms with Crippen molar-refractivity contribution in [2.24, 2.45) is 11.3 Å². The molecule has 0 aliphatic carbocycles. The topological polar surface area (TPSA) is 75.0 Å². The summed E-state index contributed by atoms with van der Waals surface area (Å²) in [4.78, 5) is 16.1. The number of benzene rings is 1. The second kappa shape index (κ2) is 10.1. The van der Waals surface area contributed by atoms with Crippen molar-refractivity contribution < 1.29 is 32.2 Å². The molecular formula is C22H28F3N3O4. The van der Waals surface area contributed by atoms with E-state index in [1.165, 1.54) is 13.2 Å². The van der Waals surface area contributed by atoms with Gasteiger partial charge in [-0.25, -0.2) is 0 Å². The van der Waals surface area contributed by atoms with E-state index in [2.05, 4.69) is 0 Å². The van der Waals surface area contributed by atoms with Crippen LogP contribution >= 0.6 is 0 Å². The summed E-state index contributed by atoms with van der Waals surface area (Å²) >= 11 is 0. The van der Waals surface area contributed by atoms with Gasteiger partial charge in [-0.2, -0.15) is 18.4 Å². The third-order valence-electron chi connectivity index (χ3n) is 6.30. The molecule has 0 bridgehead atoms. The number of ether oxygens (including phenoxy) is 3. The second-order valence-corrected chi connectivity index (χ2v) is 8.36. The van der Waals surface area contributed by atoms with E-state index < -0.39 is 22.7 Å². The van der Waals surface area contributed by atoms with Crippen LogP contribution in [0.3, 0.4) is 0 Å². The maximum absolute atomic E-state index is 13.5. The standard InChI is InChI=1S/C22H28F3N3O4/c1-30-7-8-32-15-21-13-27(20(29)12-31-2)6-5-17(21)11-28(14-21)18-4-3-16(10-26)19(9-18)22(23,24)25/h3-4,9,17H,5-8,11-15H2,1-2H3. The number of hydrogen-bond acceptors (Lipinski definition) is 6. The molecule has 2 heterocycles. The maximum atomic E-state index is 13.5. The summed E-state index contributed by atoms with van der Waals surface area (Å²) < 4.78 is 56.3. The minimum atomic E-state index is -4.61. The first-order valence-corrected chi connectivity index (χ1v) is 10.4. The Morgan fingerprint density at radius 3 is 2.69 bits per heavy atom. The fourth-order valence-corrected chi connectivity index (χ4v) is 4.69. The lowest BCUT2D eigenvalue weighted by Gasteiger charge is -2.43. The van der Waals surface area contributed by atoms with Gasteiger partial charge in [0.2, 0.25) is 5.91 Å². The quantitative estimate of drug-likeness (QED) is 0.561. The monoisotopic (exact) mass is 455 g/mol. The maximum Gasteiger partial charge on any atom is 0.417 e. The normalized spacial score (nSPS) is 23.2. The lowest BCUT2D eigenvalue weighted by atomic mass is 9.74. The number of carbonyl (C=O) groups excluding carboxylic acids is 1. The molecule has 7 nitrogen and oxygen atoms in total. The number of alkyl halides is 3. The number of amides is 1. The number of halogens is 3. The summed E-state index contributed by atoms with van der Waals surface area (Å²) in [6.45, 7) is 3.21. The van der Waals surface area contributed by atoms with Crippen LogP contribution in [0, 0.1) is 22.7 Å². The third kappa shape index (κ3) is 5.17. The van der Waals surface area contributed by atoms with Gasteiger partial charge in [-0.1, -0.05) is 0 Å². The van der Waals surface area contributed by atoms with Crippen molar-refractivity contribution in [1.29, 1.82) is 5.26 Å². The number of methoxy groups -OCH3 is 2. The van der Waals surface area contributed by atoms with Gasteiger partial charge >= 0.3 is 6.18 Å². The SMILES string of the molecule is COCCOCC12CN(C(=O)COC)CCC1CN(c1ccc(C#N)c(C(F)(F)F)c1)C2. The molecule has 3 rings (SSSR count). The first-order valence-electron chi connectivity index (χ1n) is 10.4. The number of carbonyl (C=O) groups is 1. The summed E-state index contributed by atoms with van der Waals surface area (Å²) in [6, 6.07) is 5.44. The summed E-state index contributed by atoms with van der Waals surface area (Å²) in [5.41, 5.74) is -1.33. The van der Waals surface area contributed by atoms with Gasteiger partial charge in [-0.15, -0.1) is 0 Å². The highest BCUT2D eigenvalue weighted by molar-refractivity contribution is 5.77. The smallest absolute Gasteiger partial charge is 0.382 e. The number of fused-ring (bicyclic) bond motifs is 1. The van der Waals surface area contributed by atoms with Gasteiger partial charge in [0.25, 0.3) is 0 Å². The minimum Gasteiger partial charge on any atom is -0.382 e. The molecule has 1 amide bonds. The highest BCUT2D eigenvalue weighted by atomic mass is 19.4. The van der Waals surface area contributed by atoms with E-state index in [0.717, 1.165) is 12.5 Å². The number of hydrogen-bond donors (Lipinski definition) is 0. The molecule has 2 fully saturated rings. The lowest BCUT2D eigenvalue weighted by Crippen LogP contribution is -2.53. The largest absolute Gasteiger partial charge is 0.417 e. The van der Waals surface area contributed by atoms with Gasteiger partial charge in [0.05, 0.1) is 37.0 Å². The van der Waals surface area contributed by atoms with Crippen molar-refractivity contribution in [2.45, 2.75) is 12.6 Å². The van der Waals surface area contributed by atoms with Crippen LogP contribution in [0.5, 0.6) is 0 Å². The molecule has 0 saturated carbocycles. The molecule has 2 atom stereocenters. The number of piperidine rings is 1. The highest BCUT2D eigenvalue weighted by Crippen LogP contribution is 2.45. The van der Waals surface area contributed by atoms with Gasteiger partial charge in [0.1, 0.15) is 6.61 Å². The zero-order chi connectivity index (χ0) is 23.4. The molecule has 0 radical (unpaired) electrons. The van der Waals surface area contributed by atoms with Crippen LogP contribution in [0.15, 0.2) is 18.2 Å². The molecule has 32 heavy (non-hydrogen) atoms. The van der Waals surface area contributed by atoms with Crippen LogP contribution in [0.25, 0.3) is 0 Å². The average molecular weight is 455 g/mol. The Bertz CT molecular complexity index is 858. The molecule has 0 aromatic heterocycles. The molecular weight excluding hydrogens is 427 g/mol. The lowest BCUT2D eigenvalue weighted by molar-refractivity contribution is -0.141. The molecule has 1 aromatic carbocycles. The van der Waals surface area contributed by atoms with Crippen LogP contribution in [0.4, 0.5) is 18.9 Å². The Hall–Kier alpha value is -2.35. The Morgan fingerprint density at radius 1 is 1.25 bits per heavy atom. The number of anilines is 1. The van der Waals surface area contributed by atoms with E-state index in [1.54, 1.807) is 24.1 Å². The van der Waals surface area contributed by atoms with E-state index in [9.17, 15) is 18.0 Å². The number of rotatable bonds is 8. The first-order chi connectivity index (χ1) is 15.2. The van der Waals surface area contributed by atoms with Gasteiger partial charge in [-0.3, -0.25) is 4.79 Å². The van der Waals surface area contributed by atoms with Crippen molar-refractivity contribution in [2.75, 3.05) is 71.7 Å². The van der Waals surface area contributed by atoms with Crippen molar-refractivity contribution in [3.63, 3.8) is 0 Å². The van der Waals surface area contributed by atoms with E-state index in [0.29, 0.717) is 51.7 Å². The Labute approximate surface area is 185 Å². The molecule has 0 spiro atoms. The van der Waals surface area contributed by atoms with Crippen LogP contribution in [-0.4, -0.2) is 77.6 Å². The first kappa shape index (κ1) is 24.3. The summed E-state index contributed by atoms with van der Waals surface area (Å²) in [7, 11) is 3.05. The summed E-state index contributed by atoms with van der Waals surface area (Å²) in [5, 5.41) is 9.08. The van der Waals surface area contributed by atoms with Crippen molar-refractivity contribution in [1.82, 2.24) is 4.90 Å². The van der Waals surface area contributed by atoms with Crippen molar-refractivity contribution in [3.05, 3.63) is 29.3 Å². The van der Waals surface area contributed by atoms with Crippen molar-refractivity contribution >= 4 is 11.6 Å². The predicted molar refractivity (Wildman–Crippen MR) is 110 cm³/mol. The summed E-state index contributed by atoms with van der Waals surface area (Å²) in [5.74, 6) is 0.0417. The van der Waals surface area contributed by atoms with Crippen LogP contribution in [-0.2, 0) is 25.2 Å². The number of nitriles is 1. The minimum absolute atomic E-state index is 0.0143.